The predicted octanol–water partition coefficient (Wildman–Crippen LogP) is 3.22. The molecule has 0 spiro atoms. The minimum Gasteiger partial charge on any atom is -0.449 e. The maximum atomic E-state index is 12.2. The lowest BCUT2D eigenvalue weighted by molar-refractivity contribution is -0.148. The molecule has 1 amide bonds. The van der Waals surface area contributed by atoms with Crippen LogP contribution in [0.15, 0.2) is 30.3 Å². The fourth-order valence-electron chi connectivity index (χ4n) is 2.37. The van der Waals surface area contributed by atoms with Crippen LogP contribution in [0.1, 0.15) is 23.9 Å². The molecule has 0 aliphatic heterocycles. The summed E-state index contributed by atoms with van der Waals surface area (Å²) in [4.78, 5) is 24.1. The molecular weight excluding hydrogens is 372 g/mol. The number of anilines is 1. The van der Waals surface area contributed by atoms with Crippen molar-refractivity contribution in [3.8, 4) is 5.75 Å². The van der Waals surface area contributed by atoms with Gasteiger partial charge in [-0.05, 0) is 44.5 Å². The number of carbonyl (C=O) groups is 2. The fraction of sp³-hybridized carbons (Fsp3) is 0.316. The van der Waals surface area contributed by atoms with Crippen molar-refractivity contribution < 1.29 is 27.8 Å². The van der Waals surface area contributed by atoms with Crippen LogP contribution in [-0.4, -0.2) is 34.4 Å². The van der Waals surface area contributed by atoms with Crippen molar-refractivity contribution in [1.29, 1.82) is 0 Å². The number of alkyl halides is 2. The van der Waals surface area contributed by atoms with Crippen molar-refractivity contribution in [3.05, 3.63) is 47.3 Å². The number of benzene rings is 1. The van der Waals surface area contributed by atoms with Gasteiger partial charge in [-0.2, -0.15) is 13.9 Å². The van der Waals surface area contributed by atoms with E-state index < -0.39 is 24.6 Å². The van der Waals surface area contributed by atoms with Crippen LogP contribution in [-0.2, 0) is 21.4 Å². The summed E-state index contributed by atoms with van der Waals surface area (Å²) >= 11 is 0. The van der Waals surface area contributed by atoms with Gasteiger partial charge in [0, 0.05) is 13.1 Å². The summed E-state index contributed by atoms with van der Waals surface area (Å²) in [6.45, 7) is 2.13. The fourth-order valence-corrected chi connectivity index (χ4v) is 2.37. The SMILES string of the molecule is Cc1nn(C)c(C)c1NC(=O)[C@@H](C)OC(=O)/C=C/c1ccc(OC(F)F)cc1. The number of hydrogen-bond acceptors (Lipinski definition) is 5. The van der Waals surface area contributed by atoms with E-state index >= 15 is 0 Å². The van der Waals surface area contributed by atoms with Gasteiger partial charge in [0.2, 0.25) is 0 Å². The molecule has 0 fully saturated rings. The minimum atomic E-state index is -2.90. The second kappa shape index (κ2) is 9.12. The lowest BCUT2D eigenvalue weighted by Gasteiger charge is -2.12. The third kappa shape index (κ3) is 5.63. The first-order valence-electron chi connectivity index (χ1n) is 8.42. The van der Waals surface area contributed by atoms with Gasteiger partial charge in [-0.3, -0.25) is 9.48 Å². The van der Waals surface area contributed by atoms with Crippen LogP contribution < -0.4 is 10.1 Å². The molecule has 1 aromatic heterocycles. The molecule has 1 heterocycles. The molecule has 0 unspecified atom stereocenters. The van der Waals surface area contributed by atoms with Crippen LogP contribution >= 0.6 is 0 Å². The number of nitrogens with one attached hydrogen (secondary N) is 1. The molecule has 0 aliphatic carbocycles. The van der Waals surface area contributed by atoms with Gasteiger partial charge < -0.3 is 14.8 Å². The minimum absolute atomic E-state index is 0.0148. The number of nitrogens with zero attached hydrogens (tertiary/aromatic N) is 2. The molecule has 150 valence electrons. The van der Waals surface area contributed by atoms with Gasteiger partial charge in [-0.1, -0.05) is 12.1 Å². The van der Waals surface area contributed by atoms with Crippen molar-refractivity contribution >= 4 is 23.6 Å². The van der Waals surface area contributed by atoms with E-state index in [1.807, 2.05) is 6.92 Å². The highest BCUT2D eigenvalue weighted by atomic mass is 19.3. The topological polar surface area (TPSA) is 82.5 Å². The number of esters is 1. The summed E-state index contributed by atoms with van der Waals surface area (Å²) in [5.74, 6) is -1.18. The Morgan fingerprint density at radius 3 is 2.39 bits per heavy atom. The molecule has 0 saturated carbocycles. The second-order valence-corrected chi connectivity index (χ2v) is 6.02. The van der Waals surface area contributed by atoms with Crippen LogP contribution in [0.25, 0.3) is 6.08 Å². The number of rotatable bonds is 7. The first-order chi connectivity index (χ1) is 13.2. The average molecular weight is 393 g/mol. The molecule has 0 bridgehead atoms. The zero-order valence-electron chi connectivity index (χ0n) is 15.9. The Labute approximate surface area is 160 Å². The van der Waals surface area contributed by atoms with Gasteiger partial charge >= 0.3 is 12.6 Å². The zero-order valence-corrected chi connectivity index (χ0v) is 15.9. The Hall–Kier alpha value is -3.23. The van der Waals surface area contributed by atoms with E-state index in [0.717, 1.165) is 11.8 Å². The van der Waals surface area contributed by atoms with Crippen LogP contribution in [0.4, 0.5) is 14.5 Å². The molecule has 2 rings (SSSR count). The molecular formula is C19H21F2N3O4. The quantitative estimate of drug-likeness (QED) is 0.577. The number of amides is 1. The first-order valence-corrected chi connectivity index (χ1v) is 8.42. The summed E-state index contributed by atoms with van der Waals surface area (Å²) in [5.41, 5.74) is 2.60. The van der Waals surface area contributed by atoms with E-state index in [-0.39, 0.29) is 5.75 Å². The van der Waals surface area contributed by atoms with Gasteiger partial charge in [0.15, 0.2) is 6.10 Å². The molecule has 0 radical (unpaired) electrons. The highest BCUT2D eigenvalue weighted by Gasteiger charge is 2.20. The van der Waals surface area contributed by atoms with Gasteiger partial charge in [0.05, 0.1) is 17.1 Å². The first kappa shape index (κ1) is 21.1. The van der Waals surface area contributed by atoms with E-state index in [0.29, 0.717) is 16.9 Å². The van der Waals surface area contributed by atoms with Gasteiger partial charge in [0.1, 0.15) is 5.75 Å². The largest absolute Gasteiger partial charge is 0.449 e. The Morgan fingerprint density at radius 1 is 1.21 bits per heavy atom. The number of aryl methyl sites for hydroxylation is 2. The second-order valence-electron chi connectivity index (χ2n) is 6.02. The molecule has 0 saturated heterocycles. The van der Waals surface area contributed by atoms with E-state index in [4.69, 9.17) is 4.74 Å². The number of hydrogen-bond donors (Lipinski definition) is 1. The molecule has 2 aromatic rings. The Balaban J connectivity index is 1.90. The Bertz CT molecular complexity index is 876. The summed E-state index contributed by atoms with van der Waals surface area (Å²) in [6.07, 6.45) is 1.57. The smallest absolute Gasteiger partial charge is 0.387 e. The molecule has 9 heteroatoms. The summed E-state index contributed by atoms with van der Waals surface area (Å²) in [6, 6.07) is 5.72. The summed E-state index contributed by atoms with van der Waals surface area (Å²) in [7, 11) is 1.76. The molecule has 28 heavy (non-hydrogen) atoms. The highest BCUT2D eigenvalue weighted by Crippen LogP contribution is 2.19. The van der Waals surface area contributed by atoms with Crippen LogP contribution in [0.3, 0.4) is 0 Å². The van der Waals surface area contributed by atoms with E-state index in [1.54, 1.807) is 18.7 Å². The van der Waals surface area contributed by atoms with Crippen molar-refractivity contribution in [2.24, 2.45) is 7.05 Å². The van der Waals surface area contributed by atoms with Crippen molar-refractivity contribution in [2.75, 3.05) is 5.32 Å². The maximum Gasteiger partial charge on any atom is 0.387 e. The lowest BCUT2D eigenvalue weighted by atomic mass is 10.2. The predicted molar refractivity (Wildman–Crippen MR) is 99.0 cm³/mol. The molecule has 0 aliphatic rings. The third-order valence-electron chi connectivity index (χ3n) is 3.94. The number of aromatic nitrogens is 2. The Kier molecular flexibility index (Phi) is 6.86. The van der Waals surface area contributed by atoms with Gasteiger partial charge in [-0.15, -0.1) is 0 Å². The van der Waals surface area contributed by atoms with E-state index in [1.165, 1.54) is 37.3 Å². The molecule has 1 atom stereocenters. The highest BCUT2D eigenvalue weighted by molar-refractivity contribution is 5.97. The van der Waals surface area contributed by atoms with Crippen LogP contribution in [0, 0.1) is 13.8 Å². The van der Waals surface area contributed by atoms with Crippen LogP contribution in [0.2, 0.25) is 0 Å². The van der Waals surface area contributed by atoms with Crippen molar-refractivity contribution in [3.63, 3.8) is 0 Å². The normalized spacial score (nSPS) is 12.2. The van der Waals surface area contributed by atoms with E-state index in [2.05, 4.69) is 15.2 Å². The standard InChI is InChI=1S/C19H21F2N3O4/c1-11-17(12(2)24(4)23-11)22-18(26)13(3)27-16(25)10-7-14-5-8-15(9-6-14)28-19(20)21/h5-10,13,19H,1-4H3,(H,22,26)/b10-7+/t13-/m1/s1. The van der Waals surface area contributed by atoms with Gasteiger partial charge in [-0.25, -0.2) is 4.79 Å². The number of carbonyl (C=O) groups excluding carboxylic acids is 2. The van der Waals surface area contributed by atoms with Crippen molar-refractivity contribution in [1.82, 2.24) is 9.78 Å². The lowest BCUT2D eigenvalue weighted by Crippen LogP contribution is -2.29. The zero-order chi connectivity index (χ0) is 20.8. The monoisotopic (exact) mass is 393 g/mol. The number of ether oxygens (including phenoxy) is 2. The summed E-state index contributed by atoms with van der Waals surface area (Å²) in [5, 5.41) is 6.90. The maximum absolute atomic E-state index is 12.2. The molecule has 7 nitrogen and oxygen atoms in total. The average Bonchev–Trinajstić information content (AvgIpc) is 2.86. The van der Waals surface area contributed by atoms with Crippen LogP contribution in [0.5, 0.6) is 5.75 Å². The Morgan fingerprint density at radius 2 is 1.86 bits per heavy atom. The number of halogens is 2. The molecule has 1 N–H and O–H groups in total. The summed E-state index contributed by atoms with van der Waals surface area (Å²) < 4.78 is 35.2. The third-order valence-corrected chi connectivity index (χ3v) is 3.94. The van der Waals surface area contributed by atoms with Gasteiger partial charge in [0.25, 0.3) is 5.91 Å². The van der Waals surface area contributed by atoms with Crippen molar-refractivity contribution in [2.45, 2.75) is 33.5 Å². The van der Waals surface area contributed by atoms with E-state index in [9.17, 15) is 18.4 Å². The molecule has 1 aromatic carbocycles.